The number of ether oxygens (including phenoxy) is 2. The number of hydrogen-bond acceptors (Lipinski definition) is 8. The fourth-order valence-corrected chi connectivity index (χ4v) is 6.93. The largest absolute Gasteiger partial charge is 0.466 e. The van der Waals surface area contributed by atoms with Crippen molar-refractivity contribution >= 4 is 22.3 Å². The van der Waals surface area contributed by atoms with E-state index in [2.05, 4.69) is 0 Å². The van der Waals surface area contributed by atoms with Crippen molar-refractivity contribution in [1.82, 2.24) is 0 Å². The van der Waals surface area contributed by atoms with Gasteiger partial charge < -0.3 is 9.47 Å². The van der Waals surface area contributed by atoms with Crippen molar-refractivity contribution in [2.45, 2.75) is 78.1 Å². The van der Waals surface area contributed by atoms with Gasteiger partial charge in [0.1, 0.15) is 6.10 Å². The quantitative estimate of drug-likeness (QED) is 0.641. The molecule has 9 heteroatoms. The predicted molar refractivity (Wildman–Crippen MR) is 98.2 cm³/mol. The van der Waals surface area contributed by atoms with Gasteiger partial charge in [0.05, 0.1) is 18.3 Å². The van der Waals surface area contributed by atoms with Crippen molar-refractivity contribution in [3.05, 3.63) is 0 Å². The highest BCUT2D eigenvalue weighted by Gasteiger charge is 2.66. The van der Waals surface area contributed by atoms with E-state index in [-0.39, 0.29) is 42.4 Å². The van der Waals surface area contributed by atoms with Crippen LogP contribution in [0.25, 0.3) is 0 Å². The Bertz CT molecular complexity index is 749. The number of hydrogen-bond donors (Lipinski definition) is 0. The zero-order chi connectivity index (χ0) is 20.9. The van der Waals surface area contributed by atoms with Crippen LogP contribution in [0, 0.1) is 23.2 Å². The third-order valence-corrected chi connectivity index (χ3v) is 7.93. The first-order valence-electron chi connectivity index (χ1n) is 9.82. The molecule has 3 fully saturated rings. The second-order valence-corrected chi connectivity index (χ2v) is 10.1. The molecular formula is C19H30O8S. The summed E-state index contributed by atoms with van der Waals surface area (Å²) in [5, 5.41) is 0. The maximum absolute atomic E-state index is 12.4. The second-order valence-electron chi connectivity index (χ2n) is 8.97. The maximum atomic E-state index is 12.4. The van der Waals surface area contributed by atoms with Gasteiger partial charge in [-0.1, -0.05) is 13.8 Å². The van der Waals surface area contributed by atoms with Crippen LogP contribution in [0.5, 0.6) is 0 Å². The first-order valence-corrected chi connectivity index (χ1v) is 11.2. The lowest BCUT2D eigenvalue weighted by Gasteiger charge is -2.62. The van der Waals surface area contributed by atoms with Gasteiger partial charge in [-0.2, -0.15) is 8.42 Å². The minimum atomic E-state index is -4.14. The molecule has 0 spiro atoms. The number of carbonyl (C=O) groups is 2. The summed E-state index contributed by atoms with van der Waals surface area (Å²) < 4.78 is 46.6. The summed E-state index contributed by atoms with van der Waals surface area (Å²) in [5.74, 6) is -1.18. The molecule has 2 unspecified atom stereocenters. The van der Waals surface area contributed by atoms with E-state index in [9.17, 15) is 18.0 Å². The van der Waals surface area contributed by atoms with Gasteiger partial charge in [-0.3, -0.25) is 9.59 Å². The van der Waals surface area contributed by atoms with Crippen molar-refractivity contribution in [2.75, 3.05) is 6.61 Å². The van der Waals surface area contributed by atoms with Crippen LogP contribution in [0.15, 0.2) is 0 Å². The summed E-state index contributed by atoms with van der Waals surface area (Å²) in [7, 11) is -4.14. The standard InChI is InChI=1S/C19H30O8S/c1-11(10-24-12(2)20)14-6-8-18(4)15(25-13(3)21)7-9-19(5)17(18)16(14)26-28(22,23)27-19/h11,14-17H,6-10H2,1-5H3/t11-,14+,15-,16?,17?,18+,19-/m1/s1. The van der Waals surface area contributed by atoms with E-state index in [0.29, 0.717) is 19.3 Å². The van der Waals surface area contributed by atoms with Crippen molar-refractivity contribution in [1.29, 1.82) is 0 Å². The molecule has 0 bridgehead atoms. The summed E-state index contributed by atoms with van der Waals surface area (Å²) in [6.45, 7) is 8.72. The third-order valence-electron chi connectivity index (χ3n) is 6.88. The molecule has 2 aliphatic carbocycles. The summed E-state index contributed by atoms with van der Waals surface area (Å²) in [5.41, 5.74) is -1.39. The normalized spacial score (nSPS) is 42.8. The topological polar surface area (TPSA) is 105 Å². The molecule has 3 rings (SSSR count). The molecule has 0 amide bonds. The molecule has 1 saturated heterocycles. The van der Waals surface area contributed by atoms with Gasteiger partial charge in [-0.25, -0.2) is 8.37 Å². The summed E-state index contributed by atoms with van der Waals surface area (Å²) >= 11 is 0. The molecule has 0 radical (unpaired) electrons. The molecule has 1 heterocycles. The first kappa shape index (κ1) is 21.5. The molecule has 8 nitrogen and oxygen atoms in total. The molecule has 0 N–H and O–H groups in total. The Morgan fingerprint density at radius 2 is 1.82 bits per heavy atom. The zero-order valence-corrected chi connectivity index (χ0v) is 17.9. The minimum absolute atomic E-state index is 0.0786. The lowest BCUT2D eigenvalue weighted by atomic mass is 9.50. The molecule has 0 aromatic carbocycles. The maximum Gasteiger partial charge on any atom is 0.400 e. The van der Waals surface area contributed by atoms with Gasteiger partial charge >= 0.3 is 22.3 Å². The Morgan fingerprint density at radius 1 is 1.14 bits per heavy atom. The van der Waals surface area contributed by atoms with Crippen LogP contribution in [0.2, 0.25) is 0 Å². The Kier molecular flexibility index (Phi) is 5.57. The van der Waals surface area contributed by atoms with Crippen molar-refractivity contribution in [2.24, 2.45) is 23.2 Å². The van der Waals surface area contributed by atoms with E-state index >= 15 is 0 Å². The summed E-state index contributed by atoms with van der Waals surface area (Å²) in [4.78, 5) is 22.9. The molecule has 160 valence electrons. The van der Waals surface area contributed by atoms with Gasteiger partial charge in [0.25, 0.3) is 0 Å². The van der Waals surface area contributed by atoms with Crippen LogP contribution >= 0.6 is 0 Å². The Hall–Kier alpha value is -1.19. The molecule has 0 aromatic rings. The van der Waals surface area contributed by atoms with E-state index in [1.807, 2.05) is 20.8 Å². The number of rotatable bonds is 4. The molecule has 7 atom stereocenters. The lowest BCUT2D eigenvalue weighted by Crippen LogP contribution is -2.68. The summed E-state index contributed by atoms with van der Waals surface area (Å²) in [6.07, 6.45) is 1.48. The predicted octanol–water partition coefficient (Wildman–Crippen LogP) is 2.36. The van der Waals surface area contributed by atoms with Crippen LogP contribution in [-0.4, -0.2) is 44.8 Å². The van der Waals surface area contributed by atoms with E-state index in [0.717, 1.165) is 6.42 Å². The van der Waals surface area contributed by atoms with Crippen LogP contribution < -0.4 is 0 Å². The lowest BCUT2D eigenvalue weighted by molar-refractivity contribution is -0.236. The Morgan fingerprint density at radius 3 is 2.43 bits per heavy atom. The highest BCUT2D eigenvalue weighted by molar-refractivity contribution is 7.82. The van der Waals surface area contributed by atoms with E-state index in [1.165, 1.54) is 13.8 Å². The average Bonchev–Trinajstić information content (AvgIpc) is 2.53. The molecule has 2 saturated carbocycles. The van der Waals surface area contributed by atoms with Crippen LogP contribution in [-0.2, 0) is 37.8 Å². The number of carbonyl (C=O) groups excluding carboxylic acids is 2. The van der Waals surface area contributed by atoms with Crippen molar-refractivity contribution in [3.63, 3.8) is 0 Å². The highest BCUT2D eigenvalue weighted by Crippen LogP contribution is 2.61. The van der Waals surface area contributed by atoms with Crippen LogP contribution in [0.3, 0.4) is 0 Å². The molecule has 0 aromatic heterocycles. The monoisotopic (exact) mass is 418 g/mol. The molecule has 1 aliphatic heterocycles. The Balaban J connectivity index is 1.97. The molecule has 28 heavy (non-hydrogen) atoms. The smallest absolute Gasteiger partial charge is 0.400 e. The number of esters is 2. The van der Waals surface area contributed by atoms with Gasteiger partial charge in [-0.15, -0.1) is 0 Å². The van der Waals surface area contributed by atoms with Gasteiger partial charge in [0.2, 0.25) is 0 Å². The SMILES string of the molecule is CC(=O)OC[C@@H](C)[C@@H]1CC[C@]2(C)C3C1OS(=O)(=O)O[C@]3(C)CC[C@H]2OC(C)=O. The van der Waals surface area contributed by atoms with E-state index in [4.69, 9.17) is 17.8 Å². The first-order chi connectivity index (χ1) is 12.9. The van der Waals surface area contributed by atoms with Crippen LogP contribution in [0.1, 0.15) is 60.3 Å². The zero-order valence-electron chi connectivity index (χ0n) is 17.1. The Labute approximate surface area is 166 Å². The average molecular weight is 419 g/mol. The summed E-state index contributed by atoms with van der Waals surface area (Å²) in [6, 6.07) is 0. The molecular weight excluding hydrogens is 388 g/mol. The van der Waals surface area contributed by atoms with Gasteiger partial charge in [0.15, 0.2) is 0 Å². The fraction of sp³-hybridized carbons (Fsp3) is 0.895. The fourth-order valence-electron chi connectivity index (χ4n) is 5.71. The minimum Gasteiger partial charge on any atom is -0.466 e. The van der Waals surface area contributed by atoms with E-state index in [1.54, 1.807) is 0 Å². The van der Waals surface area contributed by atoms with Crippen molar-refractivity contribution < 1.29 is 35.8 Å². The van der Waals surface area contributed by atoms with E-state index < -0.39 is 27.5 Å². The highest BCUT2D eigenvalue weighted by atomic mass is 32.3. The van der Waals surface area contributed by atoms with Crippen molar-refractivity contribution in [3.8, 4) is 0 Å². The van der Waals surface area contributed by atoms with Crippen LogP contribution in [0.4, 0.5) is 0 Å². The van der Waals surface area contributed by atoms with Gasteiger partial charge in [-0.05, 0) is 44.4 Å². The third kappa shape index (κ3) is 3.80. The molecule has 3 aliphatic rings. The second kappa shape index (κ2) is 7.25. The van der Waals surface area contributed by atoms with Gasteiger partial charge in [0, 0.05) is 25.2 Å².